The molecule has 0 aliphatic heterocycles. The van der Waals surface area contributed by atoms with Gasteiger partial charge < -0.3 is 15.2 Å². The third-order valence-electron chi connectivity index (χ3n) is 4.29. The summed E-state index contributed by atoms with van der Waals surface area (Å²) in [7, 11) is 3.45. The number of nitrogens with zero attached hydrogens (tertiary/aromatic N) is 1. The van der Waals surface area contributed by atoms with Crippen molar-refractivity contribution in [3.05, 3.63) is 29.3 Å². The van der Waals surface area contributed by atoms with Gasteiger partial charge in [0.2, 0.25) is 0 Å². The van der Waals surface area contributed by atoms with Crippen LogP contribution in [0.5, 0.6) is 5.75 Å². The molecule has 0 radical (unpaired) electrons. The van der Waals surface area contributed by atoms with Gasteiger partial charge in [-0.25, -0.2) is 0 Å². The Kier molecular flexibility index (Phi) is 5.40. The second kappa shape index (κ2) is 7.07. The average Bonchev–Trinajstić information content (AvgIpc) is 2.49. The number of rotatable bonds is 6. The van der Waals surface area contributed by atoms with Crippen molar-refractivity contribution < 1.29 is 9.47 Å². The lowest BCUT2D eigenvalue weighted by molar-refractivity contribution is 0.105. The third-order valence-corrected chi connectivity index (χ3v) is 4.29. The van der Waals surface area contributed by atoms with E-state index < -0.39 is 0 Å². The van der Waals surface area contributed by atoms with E-state index in [1.807, 2.05) is 6.07 Å². The quantitative estimate of drug-likeness (QED) is 0.864. The second-order valence-corrected chi connectivity index (χ2v) is 5.32. The largest absolute Gasteiger partial charge is 0.497 e. The monoisotopic (exact) mass is 278 g/mol. The number of ether oxygens (including phenoxy) is 2. The van der Waals surface area contributed by atoms with Crippen molar-refractivity contribution in [2.45, 2.75) is 31.8 Å². The molecule has 4 nitrogen and oxygen atoms in total. The number of hydrogen-bond donors (Lipinski definition) is 1. The summed E-state index contributed by atoms with van der Waals surface area (Å²) in [4.78, 5) is 2.43. The minimum atomic E-state index is 0.0708. The first-order valence-corrected chi connectivity index (χ1v) is 7.36. The first-order chi connectivity index (χ1) is 9.71. The van der Waals surface area contributed by atoms with E-state index in [0.717, 1.165) is 38.3 Å². The molecule has 0 saturated carbocycles. The molecular formula is C16H26N2O2. The minimum absolute atomic E-state index is 0.0708. The van der Waals surface area contributed by atoms with Crippen molar-refractivity contribution in [2.24, 2.45) is 5.73 Å². The van der Waals surface area contributed by atoms with Gasteiger partial charge in [-0.2, -0.15) is 0 Å². The van der Waals surface area contributed by atoms with Crippen LogP contribution in [0.25, 0.3) is 0 Å². The fourth-order valence-electron chi connectivity index (χ4n) is 3.12. The first-order valence-electron chi connectivity index (χ1n) is 7.36. The molecule has 2 N–H and O–H groups in total. The van der Waals surface area contributed by atoms with Crippen molar-refractivity contribution >= 4 is 0 Å². The van der Waals surface area contributed by atoms with E-state index in [-0.39, 0.29) is 6.04 Å². The Morgan fingerprint density at radius 2 is 2.15 bits per heavy atom. The van der Waals surface area contributed by atoms with E-state index in [2.05, 4.69) is 24.0 Å². The fourth-order valence-corrected chi connectivity index (χ4v) is 3.12. The number of hydrogen-bond acceptors (Lipinski definition) is 4. The number of benzene rings is 1. The second-order valence-electron chi connectivity index (χ2n) is 5.32. The van der Waals surface area contributed by atoms with Gasteiger partial charge in [0, 0.05) is 25.7 Å². The number of fused-ring (bicyclic) bond motifs is 1. The van der Waals surface area contributed by atoms with Gasteiger partial charge in [-0.3, -0.25) is 4.90 Å². The number of likely N-dealkylation sites (N-methyl/N-ethyl adjacent to an activating group) is 1. The fraction of sp³-hybridized carbons (Fsp3) is 0.625. The summed E-state index contributed by atoms with van der Waals surface area (Å²) in [6.45, 7) is 4.89. The SMILES string of the molecule is CCN(CCOC)C1CCc2cc(OC)ccc2C1N. The van der Waals surface area contributed by atoms with E-state index >= 15 is 0 Å². The zero-order valence-corrected chi connectivity index (χ0v) is 12.8. The molecule has 0 amide bonds. The van der Waals surface area contributed by atoms with Crippen LogP contribution < -0.4 is 10.5 Å². The molecule has 1 aromatic rings. The summed E-state index contributed by atoms with van der Waals surface area (Å²) in [5.74, 6) is 0.918. The molecular weight excluding hydrogens is 252 g/mol. The zero-order chi connectivity index (χ0) is 14.5. The van der Waals surface area contributed by atoms with Crippen LogP contribution in [-0.2, 0) is 11.2 Å². The van der Waals surface area contributed by atoms with Crippen LogP contribution in [0.1, 0.15) is 30.5 Å². The van der Waals surface area contributed by atoms with Gasteiger partial charge in [-0.05, 0) is 42.6 Å². The molecule has 0 bridgehead atoms. The summed E-state index contributed by atoms with van der Waals surface area (Å²) in [6, 6.07) is 6.72. The Labute approximate surface area is 121 Å². The van der Waals surface area contributed by atoms with Gasteiger partial charge in [0.15, 0.2) is 0 Å². The lowest BCUT2D eigenvalue weighted by Crippen LogP contribution is -2.46. The lowest BCUT2D eigenvalue weighted by atomic mass is 9.83. The van der Waals surface area contributed by atoms with E-state index in [4.69, 9.17) is 15.2 Å². The molecule has 112 valence electrons. The highest BCUT2D eigenvalue weighted by atomic mass is 16.5. The Balaban J connectivity index is 2.15. The minimum Gasteiger partial charge on any atom is -0.497 e. The number of aryl methyl sites for hydroxylation is 1. The van der Waals surface area contributed by atoms with Crippen LogP contribution in [0.4, 0.5) is 0 Å². The summed E-state index contributed by atoms with van der Waals surface area (Å²) < 4.78 is 10.5. The Morgan fingerprint density at radius 3 is 2.80 bits per heavy atom. The molecule has 0 fully saturated rings. The van der Waals surface area contributed by atoms with Crippen LogP contribution in [0.15, 0.2) is 18.2 Å². The zero-order valence-electron chi connectivity index (χ0n) is 12.8. The summed E-state index contributed by atoms with van der Waals surface area (Å²) in [5.41, 5.74) is 9.10. The molecule has 2 atom stereocenters. The maximum Gasteiger partial charge on any atom is 0.119 e. The third kappa shape index (κ3) is 3.14. The topological polar surface area (TPSA) is 47.7 Å². The van der Waals surface area contributed by atoms with E-state index in [9.17, 15) is 0 Å². The molecule has 0 heterocycles. The smallest absolute Gasteiger partial charge is 0.119 e. The predicted molar refractivity (Wildman–Crippen MR) is 81.2 cm³/mol. The lowest BCUT2D eigenvalue weighted by Gasteiger charge is -2.39. The molecule has 1 aromatic carbocycles. The molecule has 0 aromatic heterocycles. The highest BCUT2D eigenvalue weighted by molar-refractivity contribution is 5.40. The Hall–Kier alpha value is -1.10. The predicted octanol–water partition coefficient (Wildman–Crippen LogP) is 1.98. The van der Waals surface area contributed by atoms with Crippen molar-refractivity contribution in [3.63, 3.8) is 0 Å². The molecule has 0 spiro atoms. The summed E-state index contributed by atoms with van der Waals surface area (Å²) in [6.07, 6.45) is 2.16. The molecule has 4 heteroatoms. The Morgan fingerprint density at radius 1 is 1.35 bits per heavy atom. The Bertz CT molecular complexity index is 436. The van der Waals surface area contributed by atoms with Crippen molar-refractivity contribution in [1.82, 2.24) is 4.90 Å². The highest BCUT2D eigenvalue weighted by Crippen LogP contribution is 2.33. The standard InChI is InChI=1S/C16H26N2O2/c1-4-18(9-10-19-2)15-8-5-12-11-13(20-3)6-7-14(12)16(15)17/h6-7,11,15-16H,4-5,8-10,17H2,1-3H3. The van der Waals surface area contributed by atoms with E-state index in [1.54, 1.807) is 14.2 Å². The maximum atomic E-state index is 6.51. The van der Waals surface area contributed by atoms with Crippen LogP contribution in [-0.4, -0.2) is 44.9 Å². The van der Waals surface area contributed by atoms with Crippen molar-refractivity contribution in [2.75, 3.05) is 33.9 Å². The van der Waals surface area contributed by atoms with Crippen LogP contribution in [0.3, 0.4) is 0 Å². The molecule has 2 rings (SSSR count). The normalized spacial score (nSPS) is 21.9. The van der Waals surface area contributed by atoms with E-state index in [1.165, 1.54) is 11.1 Å². The highest BCUT2D eigenvalue weighted by Gasteiger charge is 2.30. The first kappa shape index (κ1) is 15.3. The molecule has 1 aliphatic carbocycles. The van der Waals surface area contributed by atoms with Crippen LogP contribution in [0.2, 0.25) is 0 Å². The van der Waals surface area contributed by atoms with Gasteiger partial charge >= 0.3 is 0 Å². The van der Waals surface area contributed by atoms with Crippen molar-refractivity contribution in [3.8, 4) is 5.75 Å². The maximum absolute atomic E-state index is 6.51. The van der Waals surface area contributed by atoms with Gasteiger partial charge in [0.05, 0.1) is 13.7 Å². The van der Waals surface area contributed by atoms with Gasteiger partial charge in [0.1, 0.15) is 5.75 Å². The average molecular weight is 278 g/mol. The van der Waals surface area contributed by atoms with Gasteiger partial charge in [-0.1, -0.05) is 13.0 Å². The molecule has 2 unspecified atom stereocenters. The molecule has 20 heavy (non-hydrogen) atoms. The van der Waals surface area contributed by atoms with E-state index in [0.29, 0.717) is 6.04 Å². The number of methoxy groups -OCH3 is 2. The van der Waals surface area contributed by atoms with Crippen molar-refractivity contribution in [1.29, 1.82) is 0 Å². The summed E-state index contributed by atoms with van der Waals surface area (Å²) >= 11 is 0. The van der Waals surface area contributed by atoms with Gasteiger partial charge in [0.25, 0.3) is 0 Å². The summed E-state index contributed by atoms with van der Waals surface area (Å²) in [5, 5.41) is 0. The molecule has 0 saturated heterocycles. The van der Waals surface area contributed by atoms with Gasteiger partial charge in [-0.15, -0.1) is 0 Å². The van der Waals surface area contributed by atoms with Crippen LogP contribution >= 0.6 is 0 Å². The number of nitrogens with two attached hydrogens (primary N) is 1. The van der Waals surface area contributed by atoms with Crippen LogP contribution in [0, 0.1) is 0 Å². The molecule has 1 aliphatic rings.